The van der Waals surface area contributed by atoms with Crippen molar-refractivity contribution in [3.05, 3.63) is 53.7 Å². The number of amides is 1. The summed E-state index contributed by atoms with van der Waals surface area (Å²) in [4.78, 5) is 16.4. The molecule has 5 heteroatoms. The fraction of sp³-hybridized carbons (Fsp3) is 0.294. The van der Waals surface area contributed by atoms with Gasteiger partial charge in [-0.3, -0.25) is 4.79 Å². The Kier molecular flexibility index (Phi) is 4.34. The predicted molar refractivity (Wildman–Crippen MR) is 83.2 cm³/mol. The van der Waals surface area contributed by atoms with Gasteiger partial charge in [-0.25, -0.2) is 4.98 Å². The van der Waals surface area contributed by atoms with Gasteiger partial charge >= 0.3 is 0 Å². The second-order valence-corrected chi connectivity index (χ2v) is 5.26. The zero-order valence-electron chi connectivity index (χ0n) is 12.4. The van der Waals surface area contributed by atoms with Crippen LogP contribution in [-0.4, -0.2) is 30.2 Å². The third kappa shape index (κ3) is 3.43. The lowest BCUT2D eigenvalue weighted by molar-refractivity contribution is 0.102. The summed E-state index contributed by atoms with van der Waals surface area (Å²) in [6.45, 7) is 3.27. The van der Waals surface area contributed by atoms with E-state index in [4.69, 9.17) is 9.47 Å². The Balaban J connectivity index is 1.64. The van der Waals surface area contributed by atoms with Crippen LogP contribution in [0.5, 0.6) is 5.88 Å². The van der Waals surface area contributed by atoms with Crippen molar-refractivity contribution < 1.29 is 14.3 Å². The molecule has 3 rings (SSSR count). The van der Waals surface area contributed by atoms with E-state index in [2.05, 4.69) is 10.3 Å². The van der Waals surface area contributed by atoms with Crippen LogP contribution in [0, 0.1) is 6.92 Å². The van der Waals surface area contributed by atoms with Crippen LogP contribution in [0.25, 0.3) is 0 Å². The minimum Gasteiger partial charge on any atom is -0.472 e. The van der Waals surface area contributed by atoms with Crippen molar-refractivity contribution in [1.82, 2.24) is 4.98 Å². The highest BCUT2D eigenvalue weighted by atomic mass is 16.5. The largest absolute Gasteiger partial charge is 0.472 e. The lowest BCUT2D eigenvalue weighted by Gasteiger charge is -2.11. The number of nitrogens with zero attached hydrogens (tertiary/aromatic N) is 1. The van der Waals surface area contributed by atoms with Crippen molar-refractivity contribution in [1.29, 1.82) is 0 Å². The maximum atomic E-state index is 12.2. The molecule has 1 amide bonds. The van der Waals surface area contributed by atoms with E-state index in [-0.39, 0.29) is 12.0 Å². The second-order valence-electron chi connectivity index (χ2n) is 5.26. The Bertz CT molecular complexity index is 649. The van der Waals surface area contributed by atoms with Crippen molar-refractivity contribution in [2.24, 2.45) is 0 Å². The average Bonchev–Trinajstić information content (AvgIpc) is 3.03. The third-order valence-electron chi connectivity index (χ3n) is 3.57. The lowest BCUT2D eigenvalue weighted by Crippen LogP contribution is -2.17. The highest BCUT2D eigenvalue weighted by Crippen LogP contribution is 2.17. The molecular formula is C17H18N2O3. The number of benzene rings is 1. The van der Waals surface area contributed by atoms with Crippen LogP contribution in [0.1, 0.15) is 22.3 Å². The predicted octanol–water partition coefficient (Wildman–Crippen LogP) is 2.81. The summed E-state index contributed by atoms with van der Waals surface area (Å²) in [5.74, 6) is 0.334. The van der Waals surface area contributed by atoms with E-state index < -0.39 is 0 Å². The second kappa shape index (κ2) is 6.58. The SMILES string of the molecule is Cc1ccccc1NC(=O)c1ccc(O[C@@H]2CCOC2)nc1. The van der Waals surface area contributed by atoms with Crippen LogP contribution in [0.15, 0.2) is 42.6 Å². The van der Waals surface area contributed by atoms with Crippen molar-refractivity contribution in [2.45, 2.75) is 19.4 Å². The van der Waals surface area contributed by atoms with Crippen molar-refractivity contribution in [3.63, 3.8) is 0 Å². The molecule has 114 valence electrons. The molecule has 0 unspecified atom stereocenters. The first-order valence-corrected chi connectivity index (χ1v) is 7.30. The molecule has 1 aromatic heterocycles. The molecule has 5 nitrogen and oxygen atoms in total. The van der Waals surface area contributed by atoms with Crippen LogP contribution >= 0.6 is 0 Å². The first-order chi connectivity index (χ1) is 10.7. The molecule has 2 heterocycles. The number of carbonyl (C=O) groups is 1. The van der Waals surface area contributed by atoms with Gasteiger partial charge in [-0.15, -0.1) is 0 Å². The maximum Gasteiger partial charge on any atom is 0.257 e. The summed E-state index contributed by atoms with van der Waals surface area (Å²) in [7, 11) is 0. The normalized spacial score (nSPS) is 17.2. The topological polar surface area (TPSA) is 60.5 Å². The monoisotopic (exact) mass is 298 g/mol. The third-order valence-corrected chi connectivity index (χ3v) is 3.57. The summed E-state index contributed by atoms with van der Waals surface area (Å²) >= 11 is 0. The van der Waals surface area contributed by atoms with Gasteiger partial charge in [0.1, 0.15) is 6.10 Å². The Labute approximate surface area is 129 Å². The maximum absolute atomic E-state index is 12.2. The fourth-order valence-electron chi connectivity index (χ4n) is 2.27. The molecule has 0 spiro atoms. The number of rotatable bonds is 4. The van der Waals surface area contributed by atoms with E-state index >= 15 is 0 Å². The number of anilines is 1. The Morgan fingerprint density at radius 1 is 1.32 bits per heavy atom. The summed E-state index contributed by atoms with van der Waals surface area (Å²) in [6, 6.07) is 11.1. The first-order valence-electron chi connectivity index (χ1n) is 7.30. The number of pyridine rings is 1. The molecular weight excluding hydrogens is 280 g/mol. The molecule has 1 saturated heterocycles. The van der Waals surface area contributed by atoms with Gasteiger partial charge in [0, 0.05) is 24.4 Å². The number of aromatic nitrogens is 1. The molecule has 0 saturated carbocycles. The van der Waals surface area contributed by atoms with E-state index in [1.54, 1.807) is 12.1 Å². The molecule has 0 radical (unpaired) electrons. The summed E-state index contributed by atoms with van der Waals surface area (Å²) in [5.41, 5.74) is 2.32. The van der Waals surface area contributed by atoms with Gasteiger partial charge < -0.3 is 14.8 Å². The number of aryl methyl sites for hydroxylation is 1. The minimum atomic E-state index is -0.183. The highest BCUT2D eigenvalue weighted by Gasteiger charge is 2.18. The molecule has 1 N–H and O–H groups in total. The molecule has 1 aliphatic rings. The summed E-state index contributed by atoms with van der Waals surface area (Å²) < 4.78 is 10.9. The van der Waals surface area contributed by atoms with Gasteiger partial charge in [0.2, 0.25) is 5.88 Å². The molecule has 1 atom stereocenters. The van der Waals surface area contributed by atoms with E-state index in [0.29, 0.717) is 18.1 Å². The average molecular weight is 298 g/mol. The molecule has 1 aromatic carbocycles. The molecule has 0 bridgehead atoms. The van der Waals surface area contributed by atoms with E-state index in [0.717, 1.165) is 24.3 Å². The van der Waals surface area contributed by atoms with E-state index in [1.807, 2.05) is 31.2 Å². The standard InChI is InChI=1S/C17H18N2O3/c1-12-4-2-3-5-15(12)19-17(20)13-6-7-16(18-10-13)22-14-8-9-21-11-14/h2-7,10,14H,8-9,11H2,1H3,(H,19,20)/t14-/m1/s1. The fourth-order valence-corrected chi connectivity index (χ4v) is 2.27. The molecule has 0 aliphatic carbocycles. The van der Waals surface area contributed by atoms with Crippen LogP contribution in [0.3, 0.4) is 0 Å². The summed E-state index contributed by atoms with van der Waals surface area (Å²) in [5, 5.41) is 2.88. The Morgan fingerprint density at radius 3 is 2.86 bits per heavy atom. The summed E-state index contributed by atoms with van der Waals surface area (Å²) in [6.07, 6.45) is 2.45. The van der Waals surface area contributed by atoms with Gasteiger partial charge in [0.25, 0.3) is 5.91 Å². The van der Waals surface area contributed by atoms with E-state index in [9.17, 15) is 4.79 Å². The highest BCUT2D eigenvalue weighted by molar-refractivity contribution is 6.04. The lowest BCUT2D eigenvalue weighted by atomic mass is 10.2. The number of hydrogen-bond donors (Lipinski definition) is 1. The van der Waals surface area contributed by atoms with Gasteiger partial charge in [0.15, 0.2) is 0 Å². The zero-order valence-corrected chi connectivity index (χ0v) is 12.4. The van der Waals surface area contributed by atoms with Crippen LogP contribution in [-0.2, 0) is 4.74 Å². The van der Waals surface area contributed by atoms with Gasteiger partial charge in [-0.1, -0.05) is 18.2 Å². The molecule has 2 aromatic rings. The minimum absolute atomic E-state index is 0.0548. The van der Waals surface area contributed by atoms with E-state index in [1.165, 1.54) is 6.20 Å². The quantitative estimate of drug-likeness (QED) is 0.943. The molecule has 22 heavy (non-hydrogen) atoms. The Hall–Kier alpha value is -2.40. The van der Waals surface area contributed by atoms with Gasteiger partial charge in [0.05, 0.1) is 18.8 Å². The number of ether oxygens (including phenoxy) is 2. The van der Waals surface area contributed by atoms with Crippen LogP contribution < -0.4 is 10.1 Å². The zero-order chi connectivity index (χ0) is 15.4. The number of nitrogens with one attached hydrogen (secondary N) is 1. The molecule has 1 aliphatic heterocycles. The van der Waals surface area contributed by atoms with Crippen molar-refractivity contribution in [3.8, 4) is 5.88 Å². The van der Waals surface area contributed by atoms with Crippen LogP contribution in [0.2, 0.25) is 0 Å². The van der Waals surface area contributed by atoms with Crippen molar-refractivity contribution in [2.75, 3.05) is 18.5 Å². The first kappa shape index (κ1) is 14.5. The Morgan fingerprint density at radius 2 is 2.18 bits per heavy atom. The number of hydrogen-bond acceptors (Lipinski definition) is 4. The van der Waals surface area contributed by atoms with Gasteiger partial charge in [-0.05, 0) is 24.6 Å². The van der Waals surface area contributed by atoms with Crippen molar-refractivity contribution >= 4 is 11.6 Å². The van der Waals surface area contributed by atoms with Gasteiger partial charge in [-0.2, -0.15) is 0 Å². The molecule has 1 fully saturated rings. The number of para-hydroxylation sites is 1. The smallest absolute Gasteiger partial charge is 0.257 e. The number of carbonyl (C=O) groups excluding carboxylic acids is 1. The van der Waals surface area contributed by atoms with Crippen LogP contribution in [0.4, 0.5) is 5.69 Å².